The number of nitrogen functional groups attached to an aromatic ring is 1. The lowest BCUT2D eigenvalue weighted by Gasteiger charge is -2.08. The normalized spacial score (nSPS) is 10.3. The molecule has 1 heterocycles. The summed E-state index contributed by atoms with van der Waals surface area (Å²) in [7, 11) is 0. The Morgan fingerprint density at radius 2 is 2.28 bits per heavy atom. The molecule has 2 aromatic rings. The Morgan fingerprint density at radius 3 is 2.83 bits per heavy atom. The van der Waals surface area contributed by atoms with Crippen LogP contribution in [-0.2, 0) is 6.54 Å². The molecule has 6 N–H and O–H groups in total. The van der Waals surface area contributed by atoms with Crippen LogP contribution in [0.25, 0.3) is 0 Å². The third kappa shape index (κ3) is 2.54. The van der Waals surface area contributed by atoms with Gasteiger partial charge in [0.25, 0.3) is 0 Å². The summed E-state index contributed by atoms with van der Waals surface area (Å²) in [5.74, 6) is -0.00472. The molecular formula is C11H12ClN5O. The fraction of sp³-hybridized carbons (Fsp3) is 0.0909. The first-order valence-electron chi connectivity index (χ1n) is 5.19. The molecule has 0 saturated heterocycles. The van der Waals surface area contributed by atoms with Crippen LogP contribution in [0.15, 0.2) is 24.4 Å². The number of nitrogens with zero attached hydrogens (tertiary/aromatic N) is 1. The van der Waals surface area contributed by atoms with Gasteiger partial charge in [-0.25, -0.2) is 0 Å². The van der Waals surface area contributed by atoms with Crippen LogP contribution in [0.4, 0.5) is 11.5 Å². The monoisotopic (exact) mass is 265 g/mol. The first kappa shape index (κ1) is 12.3. The number of halogens is 1. The van der Waals surface area contributed by atoms with Crippen LogP contribution in [0, 0.1) is 0 Å². The molecular weight excluding hydrogens is 254 g/mol. The summed E-state index contributed by atoms with van der Waals surface area (Å²) < 4.78 is 0. The molecule has 0 aliphatic rings. The van der Waals surface area contributed by atoms with Crippen molar-refractivity contribution in [1.29, 1.82) is 0 Å². The number of carbonyl (C=O) groups excluding carboxylic acids is 1. The van der Waals surface area contributed by atoms with Gasteiger partial charge in [-0.05, 0) is 18.2 Å². The molecule has 0 saturated carbocycles. The summed E-state index contributed by atoms with van der Waals surface area (Å²) >= 11 is 6.03. The van der Waals surface area contributed by atoms with E-state index in [-0.39, 0.29) is 0 Å². The minimum atomic E-state index is -0.512. The van der Waals surface area contributed by atoms with E-state index >= 15 is 0 Å². The lowest BCUT2D eigenvalue weighted by molar-refractivity contribution is 0.100. The number of hydrogen-bond donors (Lipinski definition) is 4. The Labute approximate surface area is 108 Å². The molecule has 2 rings (SSSR count). The zero-order chi connectivity index (χ0) is 13.1. The van der Waals surface area contributed by atoms with E-state index in [0.717, 1.165) is 5.56 Å². The van der Waals surface area contributed by atoms with Crippen molar-refractivity contribution in [1.82, 2.24) is 10.2 Å². The average Bonchev–Trinajstić information content (AvgIpc) is 2.73. The lowest BCUT2D eigenvalue weighted by Crippen LogP contribution is -2.11. The van der Waals surface area contributed by atoms with Gasteiger partial charge in [-0.1, -0.05) is 11.6 Å². The van der Waals surface area contributed by atoms with Crippen molar-refractivity contribution >= 4 is 29.0 Å². The van der Waals surface area contributed by atoms with Crippen LogP contribution in [-0.4, -0.2) is 16.1 Å². The van der Waals surface area contributed by atoms with Crippen LogP contribution in [0.3, 0.4) is 0 Å². The number of hydrogen-bond acceptors (Lipinski definition) is 4. The van der Waals surface area contributed by atoms with E-state index < -0.39 is 5.91 Å². The van der Waals surface area contributed by atoms with Crippen molar-refractivity contribution in [2.24, 2.45) is 5.73 Å². The highest BCUT2D eigenvalue weighted by atomic mass is 35.5. The zero-order valence-corrected chi connectivity index (χ0v) is 10.2. The Morgan fingerprint density at radius 1 is 1.50 bits per heavy atom. The van der Waals surface area contributed by atoms with E-state index in [1.807, 2.05) is 0 Å². The maximum absolute atomic E-state index is 11.0. The van der Waals surface area contributed by atoms with E-state index in [2.05, 4.69) is 15.5 Å². The number of primary amides is 1. The van der Waals surface area contributed by atoms with Gasteiger partial charge in [-0.15, -0.1) is 0 Å². The Balaban J connectivity index is 2.11. The largest absolute Gasteiger partial charge is 0.384 e. The second-order valence-electron chi connectivity index (χ2n) is 3.72. The van der Waals surface area contributed by atoms with Gasteiger partial charge in [0.15, 0.2) is 0 Å². The summed E-state index contributed by atoms with van der Waals surface area (Å²) in [4.78, 5) is 11.0. The van der Waals surface area contributed by atoms with E-state index in [9.17, 15) is 4.79 Å². The van der Waals surface area contributed by atoms with Gasteiger partial charge < -0.3 is 16.8 Å². The number of nitrogens with two attached hydrogens (primary N) is 2. The highest BCUT2D eigenvalue weighted by Gasteiger charge is 2.06. The van der Waals surface area contributed by atoms with Crippen molar-refractivity contribution in [2.45, 2.75) is 6.54 Å². The van der Waals surface area contributed by atoms with Gasteiger partial charge >= 0.3 is 0 Å². The Kier molecular flexibility index (Phi) is 3.38. The van der Waals surface area contributed by atoms with Crippen molar-refractivity contribution in [3.63, 3.8) is 0 Å². The summed E-state index contributed by atoms with van der Waals surface area (Å²) in [5, 5.41) is 9.97. The Bertz CT molecular complexity index is 581. The van der Waals surface area contributed by atoms with Gasteiger partial charge in [-0.2, -0.15) is 5.10 Å². The first-order valence-corrected chi connectivity index (χ1v) is 5.56. The number of H-pyrrole nitrogens is 1. The van der Waals surface area contributed by atoms with Crippen molar-refractivity contribution in [3.8, 4) is 0 Å². The number of anilines is 2. The highest BCUT2D eigenvalue weighted by Crippen LogP contribution is 2.23. The van der Waals surface area contributed by atoms with Gasteiger partial charge in [0.05, 0.1) is 16.9 Å². The summed E-state index contributed by atoms with van der Waals surface area (Å²) in [6.45, 7) is 0.484. The molecule has 0 fully saturated rings. The van der Waals surface area contributed by atoms with Crippen LogP contribution in [0.1, 0.15) is 15.9 Å². The van der Waals surface area contributed by atoms with Crippen LogP contribution in [0.5, 0.6) is 0 Å². The molecule has 0 spiro atoms. The van der Waals surface area contributed by atoms with Gasteiger partial charge in [-0.3, -0.25) is 9.89 Å². The summed E-state index contributed by atoms with van der Waals surface area (Å²) in [6.07, 6.45) is 1.63. The van der Waals surface area contributed by atoms with E-state index in [1.165, 1.54) is 6.07 Å². The van der Waals surface area contributed by atoms with Crippen LogP contribution < -0.4 is 16.8 Å². The topological polar surface area (TPSA) is 110 Å². The molecule has 94 valence electrons. The maximum atomic E-state index is 11.0. The molecule has 0 radical (unpaired) electrons. The SMILES string of the molecule is NC(=O)c1ccc(NCc2cn[nH]c2N)c(Cl)c1. The molecule has 0 aliphatic carbocycles. The molecule has 6 nitrogen and oxygen atoms in total. The molecule has 1 amide bonds. The van der Waals surface area contributed by atoms with Crippen LogP contribution >= 0.6 is 11.6 Å². The third-order valence-corrected chi connectivity index (χ3v) is 2.79. The summed E-state index contributed by atoms with van der Waals surface area (Å²) in [5.41, 5.74) is 12.7. The quantitative estimate of drug-likeness (QED) is 0.669. The molecule has 0 aliphatic heterocycles. The number of carbonyl (C=O) groups is 1. The summed E-state index contributed by atoms with van der Waals surface area (Å²) in [6, 6.07) is 4.82. The van der Waals surface area contributed by atoms with E-state index in [1.54, 1.807) is 18.3 Å². The predicted molar refractivity (Wildman–Crippen MR) is 70.3 cm³/mol. The number of benzene rings is 1. The fourth-order valence-corrected chi connectivity index (χ4v) is 1.71. The first-order chi connectivity index (χ1) is 8.58. The second-order valence-corrected chi connectivity index (χ2v) is 4.13. The van der Waals surface area contributed by atoms with E-state index in [4.69, 9.17) is 23.1 Å². The number of rotatable bonds is 4. The van der Waals surface area contributed by atoms with E-state index in [0.29, 0.717) is 28.6 Å². The van der Waals surface area contributed by atoms with Gasteiger partial charge in [0.1, 0.15) is 5.82 Å². The number of aromatic nitrogens is 2. The molecule has 1 aromatic carbocycles. The number of nitrogens with one attached hydrogen (secondary N) is 2. The van der Waals surface area contributed by atoms with Crippen molar-refractivity contribution in [3.05, 3.63) is 40.5 Å². The van der Waals surface area contributed by atoms with Gasteiger partial charge in [0.2, 0.25) is 5.91 Å². The minimum Gasteiger partial charge on any atom is -0.384 e. The Hall–Kier alpha value is -2.21. The van der Waals surface area contributed by atoms with Crippen molar-refractivity contribution < 1.29 is 4.79 Å². The standard InChI is InChI=1S/C11H12ClN5O/c12-8-3-6(11(14)18)1-2-9(8)15-4-7-5-16-17-10(7)13/h1-3,5,15H,4H2,(H2,14,18)(H3,13,16,17). The van der Waals surface area contributed by atoms with Crippen LogP contribution in [0.2, 0.25) is 5.02 Å². The second kappa shape index (κ2) is 4.97. The molecule has 7 heteroatoms. The number of aromatic amines is 1. The molecule has 0 bridgehead atoms. The maximum Gasteiger partial charge on any atom is 0.248 e. The van der Waals surface area contributed by atoms with Crippen molar-refractivity contribution in [2.75, 3.05) is 11.1 Å². The zero-order valence-electron chi connectivity index (χ0n) is 9.40. The highest BCUT2D eigenvalue weighted by molar-refractivity contribution is 6.33. The fourth-order valence-electron chi connectivity index (χ4n) is 1.46. The smallest absolute Gasteiger partial charge is 0.248 e. The molecule has 1 aromatic heterocycles. The third-order valence-electron chi connectivity index (χ3n) is 2.47. The number of amides is 1. The average molecular weight is 266 g/mol. The minimum absolute atomic E-state index is 0.369. The van der Waals surface area contributed by atoms with Gasteiger partial charge in [0, 0.05) is 17.7 Å². The molecule has 0 atom stereocenters. The molecule has 18 heavy (non-hydrogen) atoms. The predicted octanol–water partition coefficient (Wildman–Crippen LogP) is 1.36. The molecule has 0 unspecified atom stereocenters. The lowest BCUT2D eigenvalue weighted by atomic mass is 10.2.